The SMILES string of the molecule is CC(C)(C)C(=O)Oc1ccccc1/C=C1\CCCN=C1c1cccnc1. The second-order valence-electron chi connectivity index (χ2n) is 7.42. The van der Waals surface area contributed by atoms with Crippen molar-refractivity contribution in [3.05, 3.63) is 65.5 Å². The Kier molecular flexibility index (Phi) is 5.31. The number of allylic oxidation sites excluding steroid dienone is 1. The summed E-state index contributed by atoms with van der Waals surface area (Å²) in [7, 11) is 0. The quantitative estimate of drug-likeness (QED) is 0.597. The van der Waals surface area contributed by atoms with Crippen molar-refractivity contribution in [3.63, 3.8) is 0 Å². The van der Waals surface area contributed by atoms with Gasteiger partial charge in [0, 0.05) is 30.1 Å². The van der Waals surface area contributed by atoms with E-state index >= 15 is 0 Å². The molecule has 4 nitrogen and oxygen atoms in total. The number of hydrogen-bond donors (Lipinski definition) is 0. The number of benzene rings is 1. The molecule has 0 aliphatic carbocycles. The van der Waals surface area contributed by atoms with E-state index in [9.17, 15) is 4.79 Å². The molecule has 3 rings (SSSR count). The molecular weight excluding hydrogens is 324 g/mol. The summed E-state index contributed by atoms with van der Waals surface area (Å²) < 4.78 is 5.66. The van der Waals surface area contributed by atoms with Gasteiger partial charge in [-0.25, -0.2) is 0 Å². The fraction of sp³-hybridized carbons (Fsp3) is 0.318. The highest BCUT2D eigenvalue weighted by Crippen LogP contribution is 2.28. The lowest BCUT2D eigenvalue weighted by molar-refractivity contribution is -0.143. The molecule has 0 radical (unpaired) electrons. The molecule has 134 valence electrons. The molecule has 0 bridgehead atoms. The van der Waals surface area contributed by atoms with E-state index in [0.29, 0.717) is 5.75 Å². The third-order valence-corrected chi connectivity index (χ3v) is 4.18. The van der Waals surface area contributed by atoms with Gasteiger partial charge in [-0.3, -0.25) is 14.8 Å². The largest absolute Gasteiger partial charge is 0.425 e. The number of pyridine rings is 1. The van der Waals surface area contributed by atoms with E-state index in [1.807, 2.05) is 63.4 Å². The summed E-state index contributed by atoms with van der Waals surface area (Å²) in [5, 5.41) is 0. The maximum atomic E-state index is 12.3. The molecule has 0 saturated heterocycles. The second kappa shape index (κ2) is 7.65. The fourth-order valence-electron chi connectivity index (χ4n) is 2.73. The van der Waals surface area contributed by atoms with Gasteiger partial charge in [-0.05, 0) is 63.5 Å². The Hall–Kier alpha value is -2.75. The van der Waals surface area contributed by atoms with Crippen LogP contribution in [0.4, 0.5) is 0 Å². The van der Waals surface area contributed by atoms with Gasteiger partial charge in [-0.15, -0.1) is 0 Å². The Morgan fingerprint density at radius 2 is 1.96 bits per heavy atom. The number of rotatable bonds is 3. The molecule has 0 saturated carbocycles. The van der Waals surface area contributed by atoms with E-state index in [2.05, 4.69) is 11.1 Å². The number of carbonyl (C=O) groups excluding carboxylic acids is 1. The zero-order valence-electron chi connectivity index (χ0n) is 15.5. The predicted octanol–water partition coefficient (Wildman–Crippen LogP) is 4.70. The molecule has 1 aliphatic rings. The maximum absolute atomic E-state index is 12.3. The molecule has 1 aromatic carbocycles. The van der Waals surface area contributed by atoms with Crippen molar-refractivity contribution < 1.29 is 9.53 Å². The molecule has 0 N–H and O–H groups in total. The van der Waals surface area contributed by atoms with E-state index in [1.165, 1.54) is 0 Å². The number of aliphatic imine (C=N–C) groups is 1. The molecule has 2 heterocycles. The van der Waals surface area contributed by atoms with Gasteiger partial charge < -0.3 is 4.74 Å². The summed E-state index contributed by atoms with van der Waals surface area (Å²) in [5.41, 5.74) is 3.47. The van der Waals surface area contributed by atoms with E-state index in [0.717, 1.165) is 41.8 Å². The Balaban J connectivity index is 1.95. The van der Waals surface area contributed by atoms with Crippen LogP contribution in [0.25, 0.3) is 6.08 Å². The van der Waals surface area contributed by atoms with Gasteiger partial charge in [-0.1, -0.05) is 18.2 Å². The zero-order valence-corrected chi connectivity index (χ0v) is 15.5. The van der Waals surface area contributed by atoms with Gasteiger partial charge in [0.1, 0.15) is 5.75 Å². The average Bonchev–Trinajstić information content (AvgIpc) is 2.64. The number of aromatic nitrogens is 1. The molecule has 0 fully saturated rings. The smallest absolute Gasteiger partial charge is 0.316 e. The number of hydrogen-bond acceptors (Lipinski definition) is 4. The first-order chi connectivity index (χ1) is 12.4. The van der Waals surface area contributed by atoms with E-state index in [1.54, 1.807) is 6.20 Å². The molecule has 1 aromatic heterocycles. The fourth-order valence-corrected chi connectivity index (χ4v) is 2.73. The summed E-state index contributed by atoms with van der Waals surface area (Å²) in [5.74, 6) is 0.337. The Bertz CT molecular complexity index is 846. The van der Waals surface area contributed by atoms with Crippen molar-refractivity contribution in [2.24, 2.45) is 10.4 Å². The van der Waals surface area contributed by atoms with Crippen LogP contribution in [-0.2, 0) is 4.79 Å². The van der Waals surface area contributed by atoms with Crippen LogP contribution in [0.3, 0.4) is 0 Å². The summed E-state index contributed by atoms with van der Waals surface area (Å²) >= 11 is 0. The first-order valence-corrected chi connectivity index (χ1v) is 8.92. The van der Waals surface area contributed by atoms with Crippen LogP contribution in [0, 0.1) is 5.41 Å². The van der Waals surface area contributed by atoms with Gasteiger partial charge >= 0.3 is 5.97 Å². The molecule has 0 amide bonds. The molecule has 0 atom stereocenters. The van der Waals surface area contributed by atoms with Crippen molar-refractivity contribution in [1.29, 1.82) is 0 Å². The monoisotopic (exact) mass is 348 g/mol. The Labute approximate surface area is 154 Å². The second-order valence-corrected chi connectivity index (χ2v) is 7.42. The van der Waals surface area contributed by atoms with Crippen molar-refractivity contribution in [1.82, 2.24) is 4.98 Å². The number of nitrogens with zero attached hydrogens (tertiary/aromatic N) is 2. The average molecular weight is 348 g/mol. The highest BCUT2D eigenvalue weighted by atomic mass is 16.5. The minimum Gasteiger partial charge on any atom is -0.425 e. The summed E-state index contributed by atoms with van der Waals surface area (Å²) in [4.78, 5) is 21.2. The normalized spacial score (nSPS) is 16.3. The van der Waals surface area contributed by atoms with Crippen molar-refractivity contribution >= 4 is 17.8 Å². The Morgan fingerprint density at radius 1 is 1.15 bits per heavy atom. The van der Waals surface area contributed by atoms with Crippen LogP contribution in [-0.4, -0.2) is 23.2 Å². The summed E-state index contributed by atoms with van der Waals surface area (Å²) in [6.07, 6.45) is 7.63. The highest BCUT2D eigenvalue weighted by molar-refractivity contribution is 6.15. The Morgan fingerprint density at radius 3 is 2.69 bits per heavy atom. The number of esters is 1. The topological polar surface area (TPSA) is 51.5 Å². The van der Waals surface area contributed by atoms with Crippen molar-refractivity contribution in [2.45, 2.75) is 33.6 Å². The summed E-state index contributed by atoms with van der Waals surface area (Å²) in [6, 6.07) is 11.6. The van der Waals surface area contributed by atoms with Crippen LogP contribution < -0.4 is 4.74 Å². The van der Waals surface area contributed by atoms with Gasteiger partial charge in [0.25, 0.3) is 0 Å². The molecule has 4 heteroatoms. The van der Waals surface area contributed by atoms with E-state index in [-0.39, 0.29) is 5.97 Å². The first-order valence-electron chi connectivity index (χ1n) is 8.92. The maximum Gasteiger partial charge on any atom is 0.316 e. The molecule has 0 spiro atoms. The molecule has 2 aromatic rings. The lowest BCUT2D eigenvalue weighted by Gasteiger charge is -2.19. The number of ether oxygens (including phenoxy) is 1. The van der Waals surface area contributed by atoms with Crippen LogP contribution in [0.5, 0.6) is 5.75 Å². The van der Waals surface area contributed by atoms with Crippen LogP contribution in [0.2, 0.25) is 0 Å². The van der Waals surface area contributed by atoms with Gasteiger partial charge in [-0.2, -0.15) is 0 Å². The van der Waals surface area contributed by atoms with Crippen molar-refractivity contribution in [2.75, 3.05) is 6.54 Å². The third-order valence-electron chi connectivity index (χ3n) is 4.18. The molecular formula is C22H24N2O2. The minimum absolute atomic E-state index is 0.242. The van der Waals surface area contributed by atoms with E-state index in [4.69, 9.17) is 9.73 Å². The lowest BCUT2D eigenvalue weighted by Crippen LogP contribution is -2.25. The third kappa shape index (κ3) is 4.26. The minimum atomic E-state index is -0.548. The first kappa shape index (κ1) is 18.1. The number of carbonyl (C=O) groups is 1. The summed E-state index contributed by atoms with van der Waals surface area (Å²) in [6.45, 7) is 6.38. The lowest BCUT2D eigenvalue weighted by atomic mass is 9.94. The highest BCUT2D eigenvalue weighted by Gasteiger charge is 2.24. The standard InChI is InChI=1S/C22H24N2O2/c1-22(2,3)21(25)26-19-11-5-4-8-16(19)14-17-9-7-13-24-20(17)18-10-6-12-23-15-18/h4-6,8,10-12,14-15H,7,9,13H2,1-3H3/b17-14+. The van der Waals surface area contributed by atoms with E-state index < -0.39 is 5.41 Å². The molecule has 0 unspecified atom stereocenters. The van der Waals surface area contributed by atoms with Crippen LogP contribution in [0.1, 0.15) is 44.7 Å². The number of para-hydroxylation sites is 1. The van der Waals surface area contributed by atoms with Gasteiger partial charge in [0.05, 0.1) is 11.1 Å². The predicted molar refractivity (Wildman–Crippen MR) is 104 cm³/mol. The van der Waals surface area contributed by atoms with Crippen LogP contribution >= 0.6 is 0 Å². The molecule has 1 aliphatic heterocycles. The molecule has 26 heavy (non-hydrogen) atoms. The van der Waals surface area contributed by atoms with Gasteiger partial charge in [0.15, 0.2) is 0 Å². The zero-order chi connectivity index (χ0) is 18.6. The van der Waals surface area contributed by atoms with Crippen LogP contribution in [0.15, 0.2) is 59.4 Å². The van der Waals surface area contributed by atoms with Gasteiger partial charge in [0.2, 0.25) is 0 Å². The van der Waals surface area contributed by atoms with Crippen molar-refractivity contribution in [3.8, 4) is 5.75 Å².